The maximum Gasteiger partial charge on any atom is 0.268 e. The van der Waals surface area contributed by atoms with E-state index in [1.54, 1.807) is 0 Å². The molecule has 1 aliphatic carbocycles. The maximum absolute atomic E-state index is 13.6. The first kappa shape index (κ1) is 30.2. The predicted molar refractivity (Wildman–Crippen MR) is 151 cm³/mol. The van der Waals surface area contributed by atoms with Crippen molar-refractivity contribution in [3.05, 3.63) is 41.0 Å². The van der Waals surface area contributed by atoms with Gasteiger partial charge in [0.25, 0.3) is 10.0 Å². The van der Waals surface area contributed by atoms with Gasteiger partial charge < -0.3 is 20.0 Å². The van der Waals surface area contributed by atoms with Gasteiger partial charge in [0.15, 0.2) is 0 Å². The summed E-state index contributed by atoms with van der Waals surface area (Å²) in [4.78, 5) is 16.8. The van der Waals surface area contributed by atoms with E-state index in [4.69, 9.17) is 0 Å². The Balaban J connectivity index is 1.95. The van der Waals surface area contributed by atoms with Gasteiger partial charge in [-0.05, 0) is 64.1 Å². The van der Waals surface area contributed by atoms with Gasteiger partial charge in [0.1, 0.15) is 16.4 Å². The number of nitrogens with zero attached hydrogens (tertiary/aromatic N) is 2. The number of benzene rings is 1. The van der Waals surface area contributed by atoms with Crippen molar-refractivity contribution in [3.63, 3.8) is 0 Å². The minimum absolute atomic E-state index is 0.0438. The van der Waals surface area contributed by atoms with E-state index in [1.165, 1.54) is 6.07 Å². The first-order valence-electron chi connectivity index (χ1n) is 13.8. The summed E-state index contributed by atoms with van der Waals surface area (Å²) in [6, 6.07) is 1.46. The lowest BCUT2D eigenvalue weighted by Gasteiger charge is -2.32. The Morgan fingerprint density at radius 1 is 1.18 bits per heavy atom. The molecule has 0 spiro atoms. The van der Waals surface area contributed by atoms with Crippen molar-refractivity contribution in [2.75, 3.05) is 39.8 Å². The molecule has 1 aliphatic heterocycles. The zero-order valence-corrected chi connectivity index (χ0v) is 24.2. The first-order valence-corrected chi connectivity index (χ1v) is 15.3. The molecule has 0 saturated carbocycles. The smallest absolute Gasteiger partial charge is 0.268 e. The Labute approximate surface area is 228 Å². The number of carbonyl (C=O) groups excluding carboxylic acids is 1. The van der Waals surface area contributed by atoms with Crippen molar-refractivity contribution >= 4 is 15.9 Å². The van der Waals surface area contributed by atoms with Crippen LogP contribution in [0.5, 0.6) is 11.5 Å². The highest BCUT2D eigenvalue weighted by molar-refractivity contribution is 7.90. The van der Waals surface area contributed by atoms with E-state index in [9.17, 15) is 23.4 Å². The molecule has 0 bridgehead atoms. The summed E-state index contributed by atoms with van der Waals surface area (Å²) in [6.07, 6.45) is 6.58. The Bertz CT molecular complexity index is 1150. The Hall–Kier alpha value is -2.36. The summed E-state index contributed by atoms with van der Waals surface area (Å²) in [5, 5.41) is 22.6. The second kappa shape index (κ2) is 13.1. The van der Waals surface area contributed by atoms with Gasteiger partial charge in [-0.1, -0.05) is 43.6 Å². The van der Waals surface area contributed by atoms with E-state index in [0.717, 1.165) is 63.0 Å². The Kier molecular flexibility index (Phi) is 10.4. The molecule has 0 aromatic heterocycles. The monoisotopic (exact) mass is 547 g/mol. The van der Waals surface area contributed by atoms with E-state index in [-0.39, 0.29) is 28.5 Å². The molecule has 3 N–H and O–H groups in total. The molecule has 38 heavy (non-hydrogen) atoms. The fraction of sp³-hybridized carbons (Fsp3) is 0.621. The molecule has 2 aliphatic rings. The molecule has 2 unspecified atom stereocenters. The average Bonchev–Trinajstić information content (AvgIpc) is 2.83. The summed E-state index contributed by atoms with van der Waals surface area (Å²) >= 11 is 0. The first-order chi connectivity index (χ1) is 17.9. The molecule has 1 aromatic rings. The van der Waals surface area contributed by atoms with Crippen LogP contribution < -0.4 is 4.72 Å². The number of nitrogens with one attached hydrogen (secondary N) is 1. The molecule has 9 heteroatoms. The number of aryl methyl sites for hydroxylation is 1. The molecule has 3 rings (SSSR count). The molecule has 212 valence electrons. The number of phenolic OH excluding ortho intramolecular Hbond substituents is 2. The van der Waals surface area contributed by atoms with Crippen LogP contribution in [-0.4, -0.2) is 74.1 Å². The van der Waals surface area contributed by atoms with Crippen LogP contribution in [0.1, 0.15) is 76.3 Å². The number of piperazine rings is 1. The van der Waals surface area contributed by atoms with Gasteiger partial charge in [0.2, 0.25) is 5.91 Å². The van der Waals surface area contributed by atoms with Gasteiger partial charge in [0.05, 0.1) is 0 Å². The highest BCUT2D eigenvalue weighted by Crippen LogP contribution is 2.49. The van der Waals surface area contributed by atoms with Gasteiger partial charge in [0, 0.05) is 50.6 Å². The summed E-state index contributed by atoms with van der Waals surface area (Å²) in [7, 11) is -2.33. The largest absolute Gasteiger partial charge is 0.507 e. The highest BCUT2D eigenvalue weighted by atomic mass is 32.2. The predicted octanol–water partition coefficient (Wildman–Crippen LogP) is 4.29. The molecule has 1 heterocycles. The van der Waals surface area contributed by atoms with Crippen LogP contribution in [-0.2, 0) is 21.2 Å². The fourth-order valence-corrected chi connectivity index (χ4v) is 6.95. The number of carbonyl (C=O) groups is 1. The zero-order chi connectivity index (χ0) is 28.0. The third-order valence-corrected chi connectivity index (χ3v) is 9.37. The van der Waals surface area contributed by atoms with Crippen LogP contribution in [0.15, 0.2) is 34.8 Å². The number of likely N-dealkylation sites (N-methyl/N-ethyl adjacent to an activating group) is 1. The standard InChI is InChI=1S/C29H45N3O5S/c1-6-7-8-9-22-19-25(33)27(24-18-21(4)10-11-23(24)20(2)3)28(35)29(22)38(36,37)30-26(34)12-13-32-16-14-31(5)15-17-32/h18-19,23-24,33,35H,2,6-17H2,1,3-5H3,(H,30,34). The number of hydrogen-bond acceptors (Lipinski definition) is 7. The van der Waals surface area contributed by atoms with Gasteiger partial charge in [-0.25, -0.2) is 13.1 Å². The van der Waals surface area contributed by atoms with Crippen LogP contribution in [0.2, 0.25) is 0 Å². The number of hydrogen-bond donors (Lipinski definition) is 3. The van der Waals surface area contributed by atoms with Gasteiger partial charge >= 0.3 is 0 Å². The normalized spacial score (nSPS) is 21.2. The number of unbranched alkanes of at least 4 members (excludes halogenated alkanes) is 2. The molecule has 2 atom stereocenters. The molecule has 1 aromatic carbocycles. The molecular formula is C29H45N3O5S. The number of allylic oxidation sites excluding steroid dienone is 3. The van der Waals surface area contributed by atoms with E-state index in [2.05, 4.69) is 28.1 Å². The summed E-state index contributed by atoms with van der Waals surface area (Å²) in [5.41, 5.74) is 2.52. The summed E-state index contributed by atoms with van der Waals surface area (Å²) < 4.78 is 29.4. The highest BCUT2D eigenvalue weighted by Gasteiger charge is 2.35. The number of amides is 1. The quantitative estimate of drug-likeness (QED) is 0.280. The summed E-state index contributed by atoms with van der Waals surface area (Å²) in [6.45, 7) is 14.0. The Morgan fingerprint density at radius 3 is 2.50 bits per heavy atom. The Morgan fingerprint density at radius 2 is 1.87 bits per heavy atom. The van der Waals surface area contributed by atoms with Crippen molar-refractivity contribution in [1.29, 1.82) is 0 Å². The van der Waals surface area contributed by atoms with E-state index in [1.807, 2.05) is 26.8 Å². The third kappa shape index (κ3) is 7.39. The van der Waals surface area contributed by atoms with Crippen molar-refractivity contribution in [2.24, 2.45) is 5.92 Å². The van der Waals surface area contributed by atoms with E-state index >= 15 is 0 Å². The molecule has 1 fully saturated rings. The lowest BCUT2D eigenvalue weighted by molar-refractivity contribution is -0.119. The third-order valence-electron chi connectivity index (χ3n) is 7.88. The minimum atomic E-state index is -4.38. The van der Waals surface area contributed by atoms with Crippen molar-refractivity contribution in [1.82, 2.24) is 14.5 Å². The lowest BCUT2D eigenvalue weighted by Crippen LogP contribution is -2.45. The van der Waals surface area contributed by atoms with Crippen LogP contribution >= 0.6 is 0 Å². The van der Waals surface area contributed by atoms with Gasteiger partial charge in [-0.15, -0.1) is 0 Å². The fourth-order valence-electron chi connectivity index (χ4n) is 5.57. The number of phenols is 2. The van der Waals surface area contributed by atoms with Gasteiger partial charge in [-0.3, -0.25) is 4.79 Å². The van der Waals surface area contributed by atoms with Crippen LogP contribution in [0.4, 0.5) is 0 Å². The van der Waals surface area contributed by atoms with Crippen LogP contribution in [0.25, 0.3) is 0 Å². The molecule has 1 saturated heterocycles. The van der Waals surface area contributed by atoms with Crippen molar-refractivity contribution < 1.29 is 23.4 Å². The van der Waals surface area contributed by atoms with E-state index in [0.29, 0.717) is 24.9 Å². The van der Waals surface area contributed by atoms with Crippen LogP contribution in [0, 0.1) is 5.92 Å². The molecular weight excluding hydrogens is 502 g/mol. The maximum atomic E-state index is 13.6. The molecule has 8 nitrogen and oxygen atoms in total. The molecule has 0 radical (unpaired) electrons. The lowest BCUT2D eigenvalue weighted by atomic mass is 9.73. The van der Waals surface area contributed by atoms with Gasteiger partial charge in [-0.2, -0.15) is 0 Å². The second-order valence-electron chi connectivity index (χ2n) is 11.1. The number of sulfonamides is 1. The van der Waals surface area contributed by atoms with E-state index < -0.39 is 27.6 Å². The zero-order valence-electron chi connectivity index (χ0n) is 23.4. The SMILES string of the molecule is C=C(C)C1CCC(C)=CC1c1c(O)cc(CCCCC)c(S(=O)(=O)NC(=O)CCN2CCN(C)CC2)c1O. The molecule has 1 amide bonds. The minimum Gasteiger partial charge on any atom is -0.507 e. The van der Waals surface area contributed by atoms with Crippen LogP contribution in [0.3, 0.4) is 0 Å². The average molecular weight is 548 g/mol. The van der Waals surface area contributed by atoms with Crippen molar-refractivity contribution in [3.8, 4) is 11.5 Å². The second-order valence-corrected chi connectivity index (χ2v) is 12.7. The number of rotatable bonds is 11. The topological polar surface area (TPSA) is 110 Å². The van der Waals surface area contributed by atoms with Crippen molar-refractivity contribution in [2.45, 2.75) is 76.5 Å². The summed E-state index contributed by atoms with van der Waals surface area (Å²) in [5.74, 6) is -1.66. The number of aromatic hydroxyl groups is 2.